The van der Waals surface area contributed by atoms with Gasteiger partial charge in [-0.25, -0.2) is 0 Å². The lowest BCUT2D eigenvalue weighted by Gasteiger charge is -2.15. The molecule has 146 valence electrons. The lowest BCUT2D eigenvalue weighted by Crippen LogP contribution is -2.28. The van der Waals surface area contributed by atoms with Crippen LogP contribution in [-0.2, 0) is 6.54 Å². The summed E-state index contributed by atoms with van der Waals surface area (Å²) in [5.74, 6) is 1.00. The number of benzene rings is 2. The van der Waals surface area contributed by atoms with Crippen LogP contribution in [0, 0.1) is 0 Å². The summed E-state index contributed by atoms with van der Waals surface area (Å²) in [5, 5.41) is 4.12. The summed E-state index contributed by atoms with van der Waals surface area (Å²) < 4.78 is 12.1. The molecule has 0 bridgehead atoms. The Morgan fingerprint density at radius 2 is 1.71 bits per heavy atom. The van der Waals surface area contributed by atoms with Crippen LogP contribution in [0.1, 0.15) is 35.8 Å². The molecule has 0 atom stereocenters. The summed E-state index contributed by atoms with van der Waals surface area (Å²) in [5.41, 5.74) is 1.26. The molecule has 0 saturated heterocycles. The number of hydrogen-bond donors (Lipinski definition) is 1. The minimum Gasteiger partial charge on any atom is -0.493 e. The minimum atomic E-state index is -0.236. The number of fused-ring (bicyclic) bond motifs is 1. The van der Waals surface area contributed by atoms with Crippen molar-refractivity contribution in [3.8, 4) is 11.5 Å². The van der Waals surface area contributed by atoms with Crippen LogP contribution in [0.5, 0.6) is 11.5 Å². The number of nitrogens with one attached hydrogen (secondary N) is 1. The summed E-state index contributed by atoms with van der Waals surface area (Å²) >= 11 is 0. The summed E-state index contributed by atoms with van der Waals surface area (Å²) in [6.45, 7) is 4.16. The summed E-state index contributed by atoms with van der Waals surface area (Å²) in [6.07, 6.45) is 1.64. The summed E-state index contributed by atoms with van der Waals surface area (Å²) in [6, 6.07) is 12.6. The predicted molar refractivity (Wildman–Crippen MR) is 109 cm³/mol. The van der Waals surface area contributed by atoms with Crippen molar-refractivity contribution in [3.05, 3.63) is 70.1 Å². The van der Waals surface area contributed by atoms with Crippen molar-refractivity contribution < 1.29 is 14.3 Å². The number of carbonyl (C=O) groups is 1. The Bertz CT molecular complexity index is 1070. The standard InChI is InChI=1S/C22H24N2O4/c1-14(2)24-13-18(16-7-5-6-8-17(16)22(24)26)21(25)23-12-15-9-10-19(27-3)20(11-15)28-4/h5-11,13-14H,12H2,1-4H3,(H,23,25). The van der Waals surface area contributed by atoms with Crippen LogP contribution in [0.25, 0.3) is 10.8 Å². The van der Waals surface area contributed by atoms with Gasteiger partial charge in [0.25, 0.3) is 11.5 Å². The van der Waals surface area contributed by atoms with Gasteiger partial charge in [0.05, 0.1) is 19.8 Å². The Kier molecular flexibility index (Phi) is 5.68. The van der Waals surface area contributed by atoms with Crippen molar-refractivity contribution in [1.82, 2.24) is 9.88 Å². The van der Waals surface area contributed by atoms with Crippen LogP contribution in [0.3, 0.4) is 0 Å². The molecule has 0 saturated carbocycles. The molecule has 2 aromatic carbocycles. The second-order valence-corrected chi connectivity index (χ2v) is 6.77. The lowest BCUT2D eigenvalue weighted by molar-refractivity contribution is 0.0951. The average Bonchev–Trinajstić information content (AvgIpc) is 2.71. The first-order chi connectivity index (χ1) is 13.5. The topological polar surface area (TPSA) is 69.6 Å². The zero-order valence-corrected chi connectivity index (χ0v) is 16.5. The molecular formula is C22H24N2O4. The first-order valence-corrected chi connectivity index (χ1v) is 9.09. The van der Waals surface area contributed by atoms with Gasteiger partial charge in [-0.3, -0.25) is 9.59 Å². The first kappa shape index (κ1) is 19.5. The lowest BCUT2D eigenvalue weighted by atomic mass is 10.1. The summed E-state index contributed by atoms with van der Waals surface area (Å²) in [4.78, 5) is 25.6. The normalized spacial score (nSPS) is 10.9. The molecule has 3 aromatic rings. The molecule has 1 N–H and O–H groups in total. The van der Waals surface area contributed by atoms with Gasteiger partial charge in [-0.2, -0.15) is 0 Å². The number of amides is 1. The van der Waals surface area contributed by atoms with Crippen molar-refractivity contribution in [1.29, 1.82) is 0 Å². The number of hydrogen-bond acceptors (Lipinski definition) is 4. The number of aromatic nitrogens is 1. The van der Waals surface area contributed by atoms with E-state index in [9.17, 15) is 9.59 Å². The first-order valence-electron chi connectivity index (χ1n) is 9.09. The van der Waals surface area contributed by atoms with Gasteiger partial charge in [0.2, 0.25) is 0 Å². The zero-order valence-electron chi connectivity index (χ0n) is 16.5. The highest BCUT2D eigenvalue weighted by Gasteiger charge is 2.16. The Hall–Kier alpha value is -3.28. The van der Waals surface area contributed by atoms with Gasteiger partial charge in [-0.15, -0.1) is 0 Å². The van der Waals surface area contributed by atoms with Crippen LogP contribution >= 0.6 is 0 Å². The molecule has 0 unspecified atom stereocenters. The Morgan fingerprint density at radius 3 is 2.36 bits per heavy atom. The van der Waals surface area contributed by atoms with Gasteiger partial charge in [-0.1, -0.05) is 24.3 Å². The smallest absolute Gasteiger partial charge is 0.258 e. The number of ether oxygens (including phenoxy) is 2. The van der Waals surface area contributed by atoms with E-state index >= 15 is 0 Å². The van der Waals surface area contributed by atoms with Gasteiger partial charge in [-0.05, 0) is 37.6 Å². The van der Waals surface area contributed by atoms with E-state index < -0.39 is 0 Å². The van der Waals surface area contributed by atoms with Crippen LogP contribution < -0.4 is 20.3 Å². The second kappa shape index (κ2) is 8.17. The van der Waals surface area contributed by atoms with Crippen LogP contribution in [-0.4, -0.2) is 24.7 Å². The summed E-state index contributed by atoms with van der Waals surface area (Å²) in [7, 11) is 3.15. The van der Waals surface area contributed by atoms with Gasteiger partial charge in [0, 0.05) is 29.6 Å². The molecule has 1 amide bonds. The van der Waals surface area contributed by atoms with Crippen LogP contribution in [0.4, 0.5) is 0 Å². The van der Waals surface area contributed by atoms with Crippen molar-refractivity contribution in [2.24, 2.45) is 0 Å². The molecule has 3 rings (SSSR count). The SMILES string of the molecule is COc1ccc(CNC(=O)c2cn(C(C)C)c(=O)c3ccccc23)cc1OC. The fourth-order valence-corrected chi connectivity index (χ4v) is 3.14. The van der Waals surface area contributed by atoms with Gasteiger partial charge in [0.1, 0.15) is 0 Å². The molecule has 1 heterocycles. The quantitative estimate of drug-likeness (QED) is 0.710. The van der Waals surface area contributed by atoms with E-state index in [-0.39, 0.29) is 17.5 Å². The van der Waals surface area contributed by atoms with E-state index in [4.69, 9.17) is 9.47 Å². The molecular weight excluding hydrogens is 356 g/mol. The molecule has 6 nitrogen and oxygen atoms in total. The fourth-order valence-electron chi connectivity index (χ4n) is 3.14. The largest absolute Gasteiger partial charge is 0.493 e. The third-order valence-electron chi connectivity index (χ3n) is 4.65. The van der Waals surface area contributed by atoms with E-state index in [1.54, 1.807) is 49.2 Å². The maximum absolute atomic E-state index is 12.9. The number of rotatable bonds is 6. The minimum absolute atomic E-state index is 0.0468. The van der Waals surface area contributed by atoms with Gasteiger partial charge >= 0.3 is 0 Å². The highest BCUT2D eigenvalue weighted by Crippen LogP contribution is 2.27. The van der Waals surface area contributed by atoms with Crippen LogP contribution in [0.2, 0.25) is 0 Å². The maximum atomic E-state index is 12.9. The van der Waals surface area contributed by atoms with Gasteiger partial charge < -0.3 is 19.4 Å². The third-order valence-corrected chi connectivity index (χ3v) is 4.65. The van der Waals surface area contributed by atoms with E-state index in [1.165, 1.54) is 0 Å². The van der Waals surface area contributed by atoms with Crippen molar-refractivity contribution in [3.63, 3.8) is 0 Å². The molecule has 0 aliphatic heterocycles. The van der Waals surface area contributed by atoms with E-state index in [0.29, 0.717) is 34.4 Å². The molecule has 1 aromatic heterocycles. The van der Waals surface area contributed by atoms with E-state index in [2.05, 4.69) is 5.32 Å². The third kappa shape index (κ3) is 3.71. The average molecular weight is 380 g/mol. The predicted octanol–water partition coefficient (Wildman–Crippen LogP) is 3.53. The zero-order chi connectivity index (χ0) is 20.3. The highest BCUT2D eigenvalue weighted by atomic mass is 16.5. The fraction of sp³-hybridized carbons (Fsp3) is 0.273. The monoisotopic (exact) mass is 380 g/mol. The number of pyridine rings is 1. The molecule has 0 fully saturated rings. The number of nitrogens with zero attached hydrogens (tertiary/aromatic N) is 1. The second-order valence-electron chi connectivity index (χ2n) is 6.77. The molecule has 0 radical (unpaired) electrons. The molecule has 0 spiro atoms. The van der Waals surface area contributed by atoms with Crippen LogP contribution in [0.15, 0.2) is 53.5 Å². The maximum Gasteiger partial charge on any atom is 0.258 e. The van der Waals surface area contributed by atoms with Crippen molar-refractivity contribution in [2.45, 2.75) is 26.4 Å². The Morgan fingerprint density at radius 1 is 1.04 bits per heavy atom. The molecule has 6 heteroatoms. The van der Waals surface area contributed by atoms with E-state index in [0.717, 1.165) is 5.56 Å². The Balaban J connectivity index is 1.92. The Labute approximate surface area is 163 Å². The molecule has 0 aliphatic carbocycles. The molecule has 0 aliphatic rings. The number of carbonyl (C=O) groups excluding carboxylic acids is 1. The van der Waals surface area contributed by atoms with Crippen molar-refractivity contribution >= 4 is 16.7 Å². The van der Waals surface area contributed by atoms with Crippen molar-refractivity contribution in [2.75, 3.05) is 14.2 Å². The highest BCUT2D eigenvalue weighted by molar-refractivity contribution is 6.06. The number of methoxy groups -OCH3 is 2. The van der Waals surface area contributed by atoms with Gasteiger partial charge in [0.15, 0.2) is 11.5 Å². The molecule has 28 heavy (non-hydrogen) atoms. The van der Waals surface area contributed by atoms with E-state index in [1.807, 2.05) is 32.0 Å².